The molecule has 0 spiro atoms. The molecule has 4 aromatic rings. The molecule has 30 heavy (non-hydrogen) atoms. The molecular weight excluding hydrogens is 424 g/mol. The number of H-pyrrole nitrogens is 1. The number of aromatic nitrogens is 2. The van der Waals surface area contributed by atoms with Crippen molar-refractivity contribution in [2.75, 3.05) is 7.11 Å². The minimum absolute atomic E-state index is 0.228. The maximum Gasteiger partial charge on any atom is 0.337 e. The van der Waals surface area contributed by atoms with E-state index < -0.39 is 15.8 Å². The van der Waals surface area contributed by atoms with E-state index >= 15 is 0 Å². The molecule has 0 aliphatic rings. The van der Waals surface area contributed by atoms with Crippen molar-refractivity contribution in [3.8, 4) is 11.3 Å². The van der Waals surface area contributed by atoms with Crippen molar-refractivity contribution in [3.63, 3.8) is 0 Å². The number of esters is 1. The van der Waals surface area contributed by atoms with E-state index in [1.807, 2.05) is 0 Å². The monoisotopic (exact) mass is 440 g/mol. The Morgan fingerprint density at radius 2 is 1.90 bits per heavy atom. The van der Waals surface area contributed by atoms with Crippen LogP contribution in [-0.4, -0.2) is 31.5 Å². The van der Waals surface area contributed by atoms with Crippen LogP contribution in [0.2, 0.25) is 0 Å². The number of carbonyl (C=O) groups is 1. The van der Waals surface area contributed by atoms with Gasteiger partial charge in [-0.1, -0.05) is 24.3 Å². The molecule has 4 rings (SSSR count). The Balaban J connectivity index is 1.67. The highest BCUT2D eigenvalue weighted by Crippen LogP contribution is 2.25. The van der Waals surface area contributed by atoms with Gasteiger partial charge in [0.15, 0.2) is 9.84 Å². The third-order valence-electron chi connectivity index (χ3n) is 4.51. The number of thiazole rings is 1. The van der Waals surface area contributed by atoms with E-state index in [9.17, 15) is 18.0 Å². The van der Waals surface area contributed by atoms with E-state index in [-0.39, 0.29) is 16.2 Å². The van der Waals surface area contributed by atoms with Crippen LogP contribution in [0.3, 0.4) is 0 Å². The lowest BCUT2D eigenvalue weighted by Gasteiger charge is -2.04. The van der Waals surface area contributed by atoms with Gasteiger partial charge < -0.3 is 9.72 Å². The van der Waals surface area contributed by atoms with Crippen LogP contribution < -0.4 is 5.56 Å². The molecule has 7 nitrogen and oxygen atoms in total. The number of hydrogen-bond donors (Lipinski definition) is 1. The number of sulfone groups is 1. The first-order chi connectivity index (χ1) is 14.4. The number of methoxy groups -OCH3 is 1. The number of rotatable bonds is 5. The summed E-state index contributed by atoms with van der Waals surface area (Å²) in [6.45, 7) is 0. The highest BCUT2D eigenvalue weighted by molar-refractivity contribution is 7.90. The summed E-state index contributed by atoms with van der Waals surface area (Å²) in [5.41, 5.74) is 1.17. The van der Waals surface area contributed by atoms with Gasteiger partial charge in [-0.2, -0.15) is 0 Å². The van der Waals surface area contributed by atoms with Crippen LogP contribution in [0.1, 0.15) is 15.4 Å². The number of fused-ring (bicyclic) bond motifs is 1. The summed E-state index contributed by atoms with van der Waals surface area (Å²) in [5.74, 6) is -0.735. The van der Waals surface area contributed by atoms with Crippen LogP contribution >= 0.6 is 11.3 Å². The fourth-order valence-corrected chi connectivity index (χ4v) is 5.45. The van der Waals surface area contributed by atoms with E-state index in [4.69, 9.17) is 4.74 Å². The van der Waals surface area contributed by atoms with Gasteiger partial charge in [-0.15, -0.1) is 11.3 Å². The number of aromatic amines is 1. The van der Waals surface area contributed by atoms with Gasteiger partial charge in [0.25, 0.3) is 5.56 Å². The molecule has 0 unspecified atom stereocenters. The normalized spacial score (nSPS) is 11.5. The first-order valence-electron chi connectivity index (χ1n) is 8.85. The summed E-state index contributed by atoms with van der Waals surface area (Å²) in [5, 5.41) is 2.77. The zero-order valence-corrected chi connectivity index (χ0v) is 17.4. The average molecular weight is 441 g/mol. The summed E-state index contributed by atoms with van der Waals surface area (Å²) >= 11 is 1.19. The van der Waals surface area contributed by atoms with E-state index in [0.717, 1.165) is 0 Å². The second-order valence-electron chi connectivity index (χ2n) is 6.50. The molecule has 2 aromatic heterocycles. The number of pyridine rings is 1. The van der Waals surface area contributed by atoms with E-state index in [2.05, 4.69) is 9.97 Å². The summed E-state index contributed by atoms with van der Waals surface area (Å²) < 4.78 is 29.8. The second kappa shape index (κ2) is 7.85. The highest BCUT2D eigenvalue weighted by Gasteiger charge is 2.18. The van der Waals surface area contributed by atoms with Crippen molar-refractivity contribution < 1.29 is 17.9 Å². The van der Waals surface area contributed by atoms with Crippen LogP contribution in [0.15, 0.2) is 69.7 Å². The average Bonchev–Trinajstić information content (AvgIpc) is 3.20. The van der Waals surface area contributed by atoms with Gasteiger partial charge in [-0.05, 0) is 35.7 Å². The van der Waals surface area contributed by atoms with Crippen LogP contribution in [0.5, 0.6) is 0 Å². The van der Waals surface area contributed by atoms with E-state index in [0.29, 0.717) is 32.7 Å². The van der Waals surface area contributed by atoms with Gasteiger partial charge in [0, 0.05) is 10.9 Å². The van der Waals surface area contributed by atoms with Gasteiger partial charge in [-0.25, -0.2) is 18.2 Å². The maximum atomic E-state index is 12.6. The first kappa shape index (κ1) is 20.0. The van der Waals surface area contributed by atoms with Gasteiger partial charge in [-0.3, -0.25) is 4.79 Å². The van der Waals surface area contributed by atoms with Crippen molar-refractivity contribution in [2.24, 2.45) is 0 Å². The smallest absolute Gasteiger partial charge is 0.337 e. The number of ether oxygens (including phenoxy) is 1. The molecule has 0 fully saturated rings. The second-order valence-corrected chi connectivity index (χ2v) is 9.44. The molecule has 0 bridgehead atoms. The van der Waals surface area contributed by atoms with Gasteiger partial charge in [0.2, 0.25) is 0 Å². The lowest BCUT2D eigenvalue weighted by molar-refractivity contribution is 0.0601. The quantitative estimate of drug-likeness (QED) is 0.477. The van der Waals surface area contributed by atoms with E-state index in [1.165, 1.54) is 18.4 Å². The summed E-state index contributed by atoms with van der Waals surface area (Å²) in [6, 6.07) is 14.7. The van der Waals surface area contributed by atoms with Crippen LogP contribution in [0.4, 0.5) is 0 Å². The number of carbonyl (C=O) groups excluding carboxylic acids is 1. The molecule has 152 valence electrons. The predicted octanol–water partition coefficient (Wildman–Crippen LogP) is 3.41. The highest BCUT2D eigenvalue weighted by atomic mass is 32.2. The molecule has 0 saturated carbocycles. The topological polar surface area (TPSA) is 106 Å². The first-order valence-corrected chi connectivity index (χ1v) is 11.4. The molecule has 0 amide bonds. The molecule has 0 radical (unpaired) electrons. The van der Waals surface area contributed by atoms with Gasteiger partial charge in [0.05, 0.1) is 28.8 Å². The van der Waals surface area contributed by atoms with Crippen molar-refractivity contribution in [2.45, 2.75) is 10.6 Å². The standard InChI is InChI=1S/C21H16N2O5S2/c1-28-21(25)14-8-7-13-9-16(20(24)23-17(13)10-14)18-11-29-19(22-18)12-30(26,27)15-5-3-2-4-6-15/h2-11H,12H2,1H3,(H,23,24). The largest absolute Gasteiger partial charge is 0.465 e. The zero-order valence-electron chi connectivity index (χ0n) is 15.8. The minimum atomic E-state index is -3.52. The number of benzene rings is 2. The summed E-state index contributed by atoms with van der Waals surface area (Å²) in [4.78, 5) is 31.6. The van der Waals surface area contributed by atoms with Crippen molar-refractivity contribution in [3.05, 3.63) is 80.9 Å². The molecule has 2 heterocycles. The molecule has 9 heteroatoms. The Bertz CT molecular complexity index is 1410. The van der Waals surface area contributed by atoms with Crippen molar-refractivity contribution in [1.82, 2.24) is 9.97 Å². The molecule has 0 saturated heterocycles. The Labute approximate surface area is 175 Å². The Morgan fingerprint density at radius 1 is 1.13 bits per heavy atom. The summed E-state index contributed by atoms with van der Waals surface area (Å²) in [6.07, 6.45) is 0. The lowest BCUT2D eigenvalue weighted by atomic mass is 10.1. The number of nitrogens with one attached hydrogen (secondary N) is 1. The molecule has 0 aliphatic heterocycles. The van der Waals surface area contributed by atoms with Gasteiger partial charge in [0.1, 0.15) is 10.8 Å². The van der Waals surface area contributed by atoms with Crippen molar-refractivity contribution in [1.29, 1.82) is 0 Å². The SMILES string of the molecule is COC(=O)c1ccc2cc(-c3csc(CS(=O)(=O)c4ccccc4)n3)c(=O)[nH]c2c1. The van der Waals surface area contributed by atoms with Crippen LogP contribution in [-0.2, 0) is 20.3 Å². The fraction of sp³-hybridized carbons (Fsp3) is 0.0952. The van der Waals surface area contributed by atoms with Crippen LogP contribution in [0, 0.1) is 0 Å². The zero-order chi connectivity index (χ0) is 21.3. The molecule has 1 N–H and O–H groups in total. The van der Waals surface area contributed by atoms with Gasteiger partial charge >= 0.3 is 5.97 Å². The Morgan fingerprint density at radius 3 is 2.63 bits per heavy atom. The maximum absolute atomic E-state index is 12.6. The number of nitrogens with zero attached hydrogens (tertiary/aromatic N) is 1. The van der Waals surface area contributed by atoms with E-state index in [1.54, 1.807) is 60.0 Å². The minimum Gasteiger partial charge on any atom is -0.465 e. The lowest BCUT2D eigenvalue weighted by Crippen LogP contribution is -2.10. The predicted molar refractivity (Wildman–Crippen MR) is 114 cm³/mol. The number of hydrogen-bond acceptors (Lipinski definition) is 7. The molecule has 0 aliphatic carbocycles. The molecule has 2 aromatic carbocycles. The van der Waals surface area contributed by atoms with Crippen LogP contribution in [0.25, 0.3) is 22.2 Å². The fourth-order valence-electron chi connectivity index (χ4n) is 3.01. The molecular formula is C21H16N2O5S2. The Hall–Kier alpha value is -3.30. The summed E-state index contributed by atoms with van der Waals surface area (Å²) in [7, 11) is -2.24. The molecule has 0 atom stereocenters. The Kier molecular flexibility index (Phi) is 5.23. The van der Waals surface area contributed by atoms with Crippen molar-refractivity contribution >= 4 is 38.0 Å². The third kappa shape index (κ3) is 3.89. The third-order valence-corrected chi connectivity index (χ3v) is 7.19.